The van der Waals surface area contributed by atoms with E-state index in [1.165, 1.54) is 0 Å². The van der Waals surface area contributed by atoms with Crippen molar-refractivity contribution in [1.82, 2.24) is 0 Å². The Kier molecular flexibility index (Phi) is 1.67. The van der Waals surface area contributed by atoms with Crippen LogP contribution in [0.3, 0.4) is 0 Å². The number of aliphatic carboxylic acids is 1. The van der Waals surface area contributed by atoms with Crippen LogP contribution in [-0.4, -0.2) is 11.1 Å². The molecule has 0 amide bonds. The van der Waals surface area contributed by atoms with Gasteiger partial charge >= 0.3 is 5.97 Å². The Bertz CT molecular complexity index is 202. The lowest BCUT2D eigenvalue weighted by Gasteiger charge is -2.48. The number of fused-ring (bicyclic) bond motifs is 3. The molecule has 0 aromatic rings. The summed E-state index contributed by atoms with van der Waals surface area (Å²) in [6.07, 6.45) is 5.29. The molecule has 68 valence electrons. The Balaban J connectivity index is 2.26. The van der Waals surface area contributed by atoms with Crippen molar-refractivity contribution in [3.8, 4) is 0 Å². The predicted molar refractivity (Wildman–Crippen MR) is 45.8 cm³/mol. The fourth-order valence-corrected chi connectivity index (χ4v) is 3.07. The second-order valence-corrected chi connectivity index (χ2v) is 4.54. The minimum atomic E-state index is -0.548. The fourth-order valence-electron chi connectivity index (χ4n) is 3.07. The van der Waals surface area contributed by atoms with Gasteiger partial charge in [-0.1, -0.05) is 6.92 Å². The van der Waals surface area contributed by atoms with Gasteiger partial charge in [-0.25, -0.2) is 0 Å². The van der Waals surface area contributed by atoms with Crippen LogP contribution in [0.5, 0.6) is 0 Å². The summed E-state index contributed by atoms with van der Waals surface area (Å²) in [5, 5.41) is 9.18. The standard InChI is InChI=1S/C10H16O2/c1-7-6-8-2-4-10(7,5-3-8)9(11)12/h7-8H,2-6H2,1H3,(H,11,12)/t7-,8?,10?/m0/s1. The van der Waals surface area contributed by atoms with Crippen LogP contribution in [0, 0.1) is 17.3 Å². The molecule has 2 nitrogen and oxygen atoms in total. The van der Waals surface area contributed by atoms with E-state index in [0.29, 0.717) is 5.92 Å². The molecule has 0 aliphatic heterocycles. The third-order valence-electron chi connectivity index (χ3n) is 4.05. The van der Waals surface area contributed by atoms with Crippen LogP contribution in [0.15, 0.2) is 0 Å². The second kappa shape index (κ2) is 2.48. The summed E-state index contributed by atoms with van der Waals surface area (Å²) < 4.78 is 0. The Hall–Kier alpha value is -0.530. The molecule has 0 spiro atoms. The molecule has 2 bridgehead atoms. The third kappa shape index (κ3) is 0.900. The van der Waals surface area contributed by atoms with Crippen molar-refractivity contribution in [2.24, 2.45) is 17.3 Å². The van der Waals surface area contributed by atoms with Crippen LogP contribution in [0.1, 0.15) is 39.0 Å². The van der Waals surface area contributed by atoms with Gasteiger partial charge in [0.25, 0.3) is 0 Å². The molecule has 3 saturated carbocycles. The van der Waals surface area contributed by atoms with Gasteiger partial charge in [0.2, 0.25) is 0 Å². The molecule has 12 heavy (non-hydrogen) atoms. The Morgan fingerprint density at radius 1 is 1.42 bits per heavy atom. The first kappa shape index (κ1) is 8.09. The largest absolute Gasteiger partial charge is 0.481 e. The average Bonchev–Trinajstić information content (AvgIpc) is 2.05. The molecule has 3 aliphatic rings. The van der Waals surface area contributed by atoms with E-state index in [1.807, 2.05) is 0 Å². The third-order valence-corrected chi connectivity index (χ3v) is 4.05. The second-order valence-electron chi connectivity index (χ2n) is 4.54. The number of carboxylic acid groups (broad SMARTS) is 1. The summed E-state index contributed by atoms with van der Waals surface area (Å²) >= 11 is 0. The zero-order valence-electron chi connectivity index (χ0n) is 7.55. The van der Waals surface area contributed by atoms with Gasteiger partial charge in [-0.05, 0) is 43.9 Å². The molecule has 3 fully saturated rings. The zero-order chi connectivity index (χ0) is 8.77. The molecule has 0 saturated heterocycles. The molecule has 3 aliphatic carbocycles. The van der Waals surface area contributed by atoms with Crippen molar-refractivity contribution in [2.75, 3.05) is 0 Å². The van der Waals surface area contributed by atoms with Crippen molar-refractivity contribution in [3.05, 3.63) is 0 Å². The highest BCUT2D eigenvalue weighted by Crippen LogP contribution is 2.53. The van der Waals surface area contributed by atoms with E-state index < -0.39 is 5.97 Å². The number of hydrogen-bond acceptors (Lipinski definition) is 1. The van der Waals surface area contributed by atoms with Gasteiger partial charge in [0.05, 0.1) is 5.41 Å². The predicted octanol–water partition coefficient (Wildman–Crippen LogP) is 2.29. The Morgan fingerprint density at radius 3 is 2.33 bits per heavy atom. The molecule has 3 rings (SSSR count). The molecular weight excluding hydrogens is 152 g/mol. The van der Waals surface area contributed by atoms with Crippen LogP contribution in [0.4, 0.5) is 0 Å². The highest BCUT2D eigenvalue weighted by atomic mass is 16.4. The SMILES string of the molecule is C[C@H]1CC2CCC1(C(=O)O)CC2. The molecule has 0 heterocycles. The summed E-state index contributed by atoms with van der Waals surface area (Å²) in [6, 6.07) is 0. The van der Waals surface area contributed by atoms with Crippen LogP contribution in [-0.2, 0) is 4.79 Å². The van der Waals surface area contributed by atoms with Crippen molar-refractivity contribution in [1.29, 1.82) is 0 Å². The van der Waals surface area contributed by atoms with Gasteiger partial charge in [-0.3, -0.25) is 4.79 Å². The number of carbonyl (C=O) groups is 1. The topological polar surface area (TPSA) is 37.3 Å². The van der Waals surface area contributed by atoms with Crippen LogP contribution >= 0.6 is 0 Å². The molecule has 0 aromatic carbocycles. The van der Waals surface area contributed by atoms with E-state index in [-0.39, 0.29) is 5.41 Å². The molecule has 2 heteroatoms. The van der Waals surface area contributed by atoms with Crippen LogP contribution < -0.4 is 0 Å². The lowest BCUT2D eigenvalue weighted by Crippen LogP contribution is -2.46. The van der Waals surface area contributed by atoms with Gasteiger partial charge < -0.3 is 5.11 Å². The summed E-state index contributed by atoms with van der Waals surface area (Å²) in [5.41, 5.74) is -0.339. The molecule has 0 unspecified atom stereocenters. The molecule has 1 N–H and O–H groups in total. The van der Waals surface area contributed by atoms with Gasteiger partial charge in [0.15, 0.2) is 0 Å². The summed E-state index contributed by atoms with van der Waals surface area (Å²) in [7, 11) is 0. The van der Waals surface area contributed by atoms with Crippen molar-refractivity contribution < 1.29 is 9.90 Å². The van der Waals surface area contributed by atoms with E-state index in [0.717, 1.165) is 38.0 Å². The van der Waals surface area contributed by atoms with Crippen LogP contribution in [0.25, 0.3) is 0 Å². The van der Waals surface area contributed by atoms with Crippen molar-refractivity contribution in [3.63, 3.8) is 0 Å². The van der Waals surface area contributed by atoms with E-state index in [1.54, 1.807) is 0 Å². The lowest BCUT2D eigenvalue weighted by atomic mass is 9.55. The minimum absolute atomic E-state index is 0.339. The first-order valence-corrected chi connectivity index (χ1v) is 4.88. The van der Waals surface area contributed by atoms with Crippen molar-refractivity contribution >= 4 is 5.97 Å². The number of carboxylic acids is 1. The van der Waals surface area contributed by atoms with Gasteiger partial charge in [-0.15, -0.1) is 0 Å². The molecule has 0 aromatic heterocycles. The fraction of sp³-hybridized carbons (Fsp3) is 0.900. The molecule has 0 radical (unpaired) electrons. The highest BCUT2D eigenvalue weighted by molar-refractivity contribution is 5.75. The first-order chi connectivity index (χ1) is 5.65. The van der Waals surface area contributed by atoms with Crippen LogP contribution in [0.2, 0.25) is 0 Å². The minimum Gasteiger partial charge on any atom is -0.481 e. The monoisotopic (exact) mass is 168 g/mol. The normalized spacial score (nSPS) is 46.1. The average molecular weight is 168 g/mol. The van der Waals surface area contributed by atoms with Gasteiger partial charge in [0, 0.05) is 0 Å². The molecular formula is C10H16O2. The van der Waals surface area contributed by atoms with E-state index in [9.17, 15) is 9.90 Å². The Labute approximate surface area is 73.0 Å². The van der Waals surface area contributed by atoms with Crippen molar-refractivity contribution in [2.45, 2.75) is 39.0 Å². The van der Waals surface area contributed by atoms with E-state index >= 15 is 0 Å². The van der Waals surface area contributed by atoms with Gasteiger partial charge in [-0.2, -0.15) is 0 Å². The summed E-state index contributed by atoms with van der Waals surface area (Å²) in [4.78, 5) is 11.1. The number of rotatable bonds is 1. The number of hydrogen-bond donors (Lipinski definition) is 1. The maximum atomic E-state index is 11.1. The summed E-state index contributed by atoms with van der Waals surface area (Å²) in [6.45, 7) is 2.11. The van der Waals surface area contributed by atoms with Gasteiger partial charge in [0.1, 0.15) is 0 Å². The van der Waals surface area contributed by atoms with E-state index in [4.69, 9.17) is 0 Å². The highest BCUT2D eigenvalue weighted by Gasteiger charge is 2.50. The quantitative estimate of drug-likeness (QED) is 0.652. The lowest BCUT2D eigenvalue weighted by molar-refractivity contribution is -0.160. The maximum Gasteiger partial charge on any atom is 0.309 e. The smallest absolute Gasteiger partial charge is 0.309 e. The zero-order valence-corrected chi connectivity index (χ0v) is 7.55. The first-order valence-electron chi connectivity index (χ1n) is 4.88. The summed E-state index contributed by atoms with van der Waals surface area (Å²) in [5.74, 6) is 0.692. The van der Waals surface area contributed by atoms with E-state index in [2.05, 4.69) is 6.92 Å². The molecule has 1 atom stereocenters. The maximum absolute atomic E-state index is 11.1. The Morgan fingerprint density at radius 2 is 2.00 bits per heavy atom.